The Labute approximate surface area is 169 Å². The van der Waals surface area contributed by atoms with Crippen LogP contribution in [0.25, 0.3) is 11.0 Å². The van der Waals surface area contributed by atoms with Crippen molar-refractivity contribution in [3.8, 4) is 5.75 Å². The van der Waals surface area contributed by atoms with Crippen LogP contribution in [0, 0.1) is 0 Å². The molecule has 1 atom stereocenters. The normalized spacial score (nSPS) is 11.8. The fourth-order valence-electron chi connectivity index (χ4n) is 3.21. The zero-order valence-corrected chi connectivity index (χ0v) is 16.6. The summed E-state index contributed by atoms with van der Waals surface area (Å²) in [5.41, 5.74) is 2.38. The summed E-state index contributed by atoms with van der Waals surface area (Å²) in [5.74, 6) is -0.120. The molecule has 1 aromatic heterocycles. The largest absolute Gasteiger partial charge is 0.497 e. The number of hydrogen-bond acceptors (Lipinski definition) is 5. The van der Waals surface area contributed by atoms with E-state index in [1.807, 2.05) is 36.4 Å². The lowest BCUT2D eigenvalue weighted by Gasteiger charge is -2.18. The van der Waals surface area contributed by atoms with E-state index in [4.69, 9.17) is 13.9 Å². The first-order valence-electron chi connectivity index (χ1n) is 9.64. The Bertz CT molecular complexity index is 964. The van der Waals surface area contributed by atoms with Crippen molar-refractivity contribution in [2.75, 3.05) is 13.7 Å². The van der Waals surface area contributed by atoms with Gasteiger partial charge in [0.2, 0.25) is 0 Å². The number of hydrogen-bond donors (Lipinski definition) is 1. The van der Waals surface area contributed by atoms with E-state index in [9.17, 15) is 9.59 Å². The van der Waals surface area contributed by atoms with Crippen LogP contribution in [0.2, 0.25) is 0 Å². The molecular formula is C23H25NO5. The topological polar surface area (TPSA) is 77.8 Å². The van der Waals surface area contributed by atoms with E-state index < -0.39 is 5.97 Å². The van der Waals surface area contributed by atoms with Gasteiger partial charge in [0, 0.05) is 17.0 Å². The van der Waals surface area contributed by atoms with E-state index in [0.717, 1.165) is 23.8 Å². The van der Waals surface area contributed by atoms with Crippen LogP contribution in [0.1, 0.15) is 36.9 Å². The molecule has 1 N–H and O–H groups in total. The van der Waals surface area contributed by atoms with Crippen molar-refractivity contribution in [3.63, 3.8) is 0 Å². The predicted octanol–water partition coefficient (Wildman–Crippen LogP) is 4.18. The highest BCUT2D eigenvalue weighted by molar-refractivity contribution is 5.87. The van der Waals surface area contributed by atoms with Gasteiger partial charge in [-0.3, -0.25) is 9.59 Å². The molecule has 0 fully saturated rings. The van der Waals surface area contributed by atoms with Crippen LogP contribution < -0.4 is 10.1 Å². The average molecular weight is 395 g/mol. The molecule has 2 aromatic carbocycles. The van der Waals surface area contributed by atoms with Crippen LogP contribution in [0.15, 0.2) is 59.2 Å². The van der Waals surface area contributed by atoms with Gasteiger partial charge in [-0.2, -0.15) is 0 Å². The van der Waals surface area contributed by atoms with Gasteiger partial charge in [0.15, 0.2) is 6.61 Å². The molecule has 0 saturated carbocycles. The standard InChI is InChI=1S/C23H25NO5/c1-3-7-20(16-8-5-4-6-9-16)24-22(25)15-29-23(26)12-17-14-28-21-13-18(27-2)10-11-19(17)21/h4-6,8-11,13-14,20H,3,7,12,15H2,1-2H3,(H,24,25)/t20-/m1/s1. The molecule has 0 radical (unpaired) electrons. The van der Waals surface area contributed by atoms with Gasteiger partial charge in [0.25, 0.3) is 5.91 Å². The van der Waals surface area contributed by atoms with E-state index in [-0.39, 0.29) is 25.0 Å². The van der Waals surface area contributed by atoms with Crippen LogP contribution in [-0.4, -0.2) is 25.6 Å². The van der Waals surface area contributed by atoms with E-state index >= 15 is 0 Å². The molecule has 0 unspecified atom stereocenters. The highest BCUT2D eigenvalue weighted by Gasteiger charge is 2.16. The number of carbonyl (C=O) groups is 2. The Morgan fingerprint density at radius 3 is 2.66 bits per heavy atom. The summed E-state index contributed by atoms with van der Waals surface area (Å²) < 4.78 is 15.8. The number of nitrogens with one attached hydrogen (secondary N) is 1. The van der Waals surface area contributed by atoms with Crippen molar-refractivity contribution in [1.29, 1.82) is 0 Å². The third kappa shape index (κ3) is 5.38. The zero-order valence-electron chi connectivity index (χ0n) is 16.6. The number of benzene rings is 2. The number of methoxy groups -OCH3 is 1. The van der Waals surface area contributed by atoms with E-state index in [1.54, 1.807) is 19.2 Å². The highest BCUT2D eigenvalue weighted by Crippen LogP contribution is 2.26. The van der Waals surface area contributed by atoms with Crippen molar-refractivity contribution in [3.05, 3.63) is 65.9 Å². The summed E-state index contributed by atoms with van der Waals surface area (Å²) in [6.45, 7) is 1.75. The zero-order chi connectivity index (χ0) is 20.6. The molecule has 29 heavy (non-hydrogen) atoms. The molecular weight excluding hydrogens is 370 g/mol. The lowest BCUT2D eigenvalue weighted by molar-refractivity contribution is -0.148. The van der Waals surface area contributed by atoms with Gasteiger partial charge in [-0.15, -0.1) is 0 Å². The van der Waals surface area contributed by atoms with Crippen LogP contribution in [0.3, 0.4) is 0 Å². The summed E-state index contributed by atoms with van der Waals surface area (Å²) >= 11 is 0. The number of fused-ring (bicyclic) bond motifs is 1. The van der Waals surface area contributed by atoms with Crippen molar-refractivity contribution in [1.82, 2.24) is 5.32 Å². The van der Waals surface area contributed by atoms with Gasteiger partial charge in [-0.05, 0) is 24.1 Å². The number of ether oxygens (including phenoxy) is 2. The summed E-state index contributed by atoms with van der Waals surface area (Å²) in [6.07, 6.45) is 3.30. The molecule has 3 rings (SSSR count). The molecule has 0 saturated heterocycles. The summed E-state index contributed by atoms with van der Waals surface area (Å²) in [4.78, 5) is 24.5. The van der Waals surface area contributed by atoms with Crippen molar-refractivity contribution in [2.45, 2.75) is 32.2 Å². The second-order valence-corrected chi connectivity index (χ2v) is 6.78. The van der Waals surface area contributed by atoms with Gasteiger partial charge in [-0.25, -0.2) is 0 Å². The fourth-order valence-corrected chi connectivity index (χ4v) is 3.21. The van der Waals surface area contributed by atoms with E-state index in [1.165, 1.54) is 6.26 Å². The van der Waals surface area contributed by atoms with Crippen LogP contribution in [-0.2, 0) is 20.7 Å². The lowest BCUT2D eigenvalue weighted by atomic mass is 10.0. The number of carbonyl (C=O) groups excluding carboxylic acids is 2. The van der Waals surface area contributed by atoms with Crippen molar-refractivity contribution >= 4 is 22.8 Å². The quantitative estimate of drug-likeness (QED) is 0.550. The van der Waals surface area contributed by atoms with Gasteiger partial charge in [0.1, 0.15) is 11.3 Å². The molecule has 0 bridgehead atoms. The van der Waals surface area contributed by atoms with Crippen molar-refractivity contribution < 1.29 is 23.5 Å². The molecule has 6 nitrogen and oxygen atoms in total. The molecule has 0 spiro atoms. The van der Waals surface area contributed by atoms with Crippen molar-refractivity contribution in [2.24, 2.45) is 0 Å². The number of furan rings is 1. The minimum atomic E-state index is -0.481. The summed E-state index contributed by atoms with van der Waals surface area (Å²) in [5, 5.41) is 3.76. The van der Waals surface area contributed by atoms with Gasteiger partial charge >= 0.3 is 5.97 Å². The second-order valence-electron chi connectivity index (χ2n) is 6.78. The minimum Gasteiger partial charge on any atom is -0.497 e. The Morgan fingerprint density at radius 2 is 1.93 bits per heavy atom. The first-order valence-corrected chi connectivity index (χ1v) is 9.64. The molecule has 6 heteroatoms. The maximum absolute atomic E-state index is 12.3. The minimum absolute atomic E-state index is 0.0314. The molecule has 0 aliphatic carbocycles. The molecule has 0 aliphatic rings. The van der Waals surface area contributed by atoms with Gasteiger partial charge in [-0.1, -0.05) is 43.7 Å². The SMILES string of the molecule is CCC[C@@H](NC(=O)COC(=O)Cc1coc2cc(OC)ccc12)c1ccccc1. The Kier molecular flexibility index (Phi) is 6.89. The Morgan fingerprint density at radius 1 is 1.14 bits per heavy atom. The van der Waals surface area contributed by atoms with Crippen LogP contribution >= 0.6 is 0 Å². The number of amides is 1. The van der Waals surface area contributed by atoms with Gasteiger partial charge in [0.05, 0.1) is 25.8 Å². The molecule has 1 heterocycles. The predicted molar refractivity (Wildman–Crippen MR) is 110 cm³/mol. The second kappa shape index (κ2) is 9.78. The Balaban J connectivity index is 1.54. The van der Waals surface area contributed by atoms with E-state index in [0.29, 0.717) is 16.9 Å². The first kappa shape index (κ1) is 20.5. The maximum Gasteiger partial charge on any atom is 0.310 e. The lowest BCUT2D eigenvalue weighted by Crippen LogP contribution is -2.32. The number of esters is 1. The monoisotopic (exact) mass is 395 g/mol. The smallest absolute Gasteiger partial charge is 0.310 e. The Hall–Kier alpha value is -3.28. The van der Waals surface area contributed by atoms with Crippen LogP contribution in [0.5, 0.6) is 5.75 Å². The summed E-state index contributed by atoms with van der Waals surface area (Å²) in [6, 6.07) is 15.1. The molecule has 1 amide bonds. The first-order chi connectivity index (χ1) is 14.1. The van der Waals surface area contributed by atoms with E-state index in [2.05, 4.69) is 12.2 Å². The maximum atomic E-state index is 12.3. The molecule has 0 aliphatic heterocycles. The average Bonchev–Trinajstić information content (AvgIpc) is 3.14. The van der Waals surface area contributed by atoms with Crippen LogP contribution in [0.4, 0.5) is 0 Å². The van der Waals surface area contributed by atoms with Gasteiger partial charge < -0.3 is 19.2 Å². The molecule has 152 valence electrons. The fraction of sp³-hybridized carbons (Fsp3) is 0.304. The highest BCUT2D eigenvalue weighted by atomic mass is 16.5. The third-order valence-electron chi connectivity index (χ3n) is 4.68. The third-order valence-corrected chi connectivity index (χ3v) is 4.68. The number of rotatable bonds is 9. The summed E-state index contributed by atoms with van der Waals surface area (Å²) in [7, 11) is 1.58. The molecule has 3 aromatic rings.